The lowest BCUT2D eigenvalue weighted by atomic mass is 10.1. The van der Waals surface area contributed by atoms with Crippen LogP contribution in [0, 0.1) is 0 Å². The molecule has 0 bridgehead atoms. The van der Waals surface area contributed by atoms with Gasteiger partial charge in [-0.05, 0) is 13.8 Å². The fourth-order valence-electron chi connectivity index (χ4n) is 0.370. The summed E-state index contributed by atoms with van der Waals surface area (Å²) in [6.07, 6.45) is 0. The minimum absolute atomic E-state index is 0.215. The molecular formula is C6H10N2O2. The van der Waals surface area contributed by atoms with E-state index in [1.807, 2.05) is 0 Å². The third kappa shape index (κ3) is 1.89. The van der Waals surface area contributed by atoms with Gasteiger partial charge in [0.15, 0.2) is 0 Å². The minimum atomic E-state index is -0.615. The number of hydrogen-bond donors (Lipinski definition) is 2. The monoisotopic (exact) mass is 142 g/mol. The molecule has 0 fully saturated rings. The van der Waals surface area contributed by atoms with Crippen molar-refractivity contribution in [2.24, 2.45) is 11.5 Å². The standard InChI is InChI=1S/C6H10N2O2/c1-3(5(7)9)4(2)6(8)10/h1-2H3,(H2,7,9)(H2,8,10)/b4-3+. The van der Waals surface area contributed by atoms with Gasteiger partial charge in [-0.1, -0.05) is 0 Å². The predicted molar refractivity (Wildman–Crippen MR) is 36.8 cm³/mol. The Morgan fingerprint density at radius 1 is 0.900 bits per heavy atom. The highest BCUT2D eigenvalue weighted by atomic mass is 16.2. The average Bonchev–Trinajstić information content (AvgIpc) is 1.84. The van der Waals surface area contributed by atoms with Gasteiger partial charge in [0.2, 0.25) is 11.8 Å². The van der Waals surface area contributed by atoms with Gasteiger partial charge in [0.1, 0.15) is 0 Å². The van der Waals surface area contributed by atoms with E-state index < -0.39 is 11.8 Å². The second-order valence-corrected chi connectivity index (χ2v) is 1.98. The second kappa shape index (κ2) is 3.00. The summed E-state index contributed by atoms with van der Waals surface area (Å²) in [7, 11) is 0. The number of primary amides is 2. The molecule has 0 aromatic heterocycles. The molecule has 10 heavy (non-hydrogen) atoms. The summed E-state index contributed by atoms with van der Waals surface area (Å²) >= 11 is 0. The molecule has 0 aliphatic heterocycles. The molecule has 56 valence electrons. The lowest BCUT2D eigenvalue weighted by Crippen LogP contribution is -2.19. The summed E-state index contributed by atoms with van der Waals surface area (Å²) in [6.45, 7) is 2.92. The Kier molecular flexibility index (Phi) is 2.61. The van der Waals surface area contributed by atoms with Crippen LogP contribution in [0.15, 0.2) is 11.1 Å². The summed E-state index contributed by atoms with van der Waals surface area (Å²) in [6, 6.07) is 0. The third-order valence-electron chi connectivity index (χ3n) is 1.30. The van der Waals surface area contributed by atoms with Crippen molar-refractivity contribution in [2.75, 3.05) is 0 Å². The van der Waals surface area contributed by atoms with Crippen LogP contribution in [0.2, 0.25) is 0 Å². The molecule has 0 aromatic carbocycles. The molecule has 0 radical (unpaired) electrons. The number of carbonyl (C=O) groups excluding carboxylic acids is 2. The van der Waals surface area contributed by atoms with Crippen LogP contribution in [0.5, 0.6) is 0 Å². The fraction of sp³-hybridized carbons (Fsp3) is 0.333. The zero-order valence-electron chi connectivity index (χ0n) is 5.97. The van der Waals surface area contributed by atoms with E-state index in [9.17, 15) is 9.59 Å². The molecule has 2 amide bonds. The van der Waals surface area contributed by atoms with Crippen molar-refractivity contribution in [1.29, 1.82) is 0 Å². The molecule has 0 aromatic rings. The van der Waals surface area contributed by atoms with Gasteiger partial charge in [0.05, 0.1) is 0 Å². The third-order valence-corrected chi connectivity index (χ3v) is 1.30. The Morgan fingerprint density at radius 3 is 1.20 bits per heavy atom. The lowest BCUT2D eigenvalue weighted by Gasteiger charge is -1.97. The highest BCUT2D eigenvalue weighted by molar-refractivity contribution is 6.02. The molecule has 0 heterocycles. The number of amides is 2. The maximum atomic E-state index is 10.4. The zero-order valence-corrected chi connectivity index (χ0v) is 5.97. The fourth-order valence-corrected chi connectivity index (χ4v) is 0.370. The first-order chi connectivity index (χ1) is 4.46. The first kappa shape index (κ1) is 8.68. The van der Waals surface area contributed by atoms with E-state index in [4.69, 9.17) is 11.5 Å². The first-order valence-electron chi connectivity index (χ1n) is 2.74. The highest BCUT2D eigenvalue weighted by Gasteiger charge is 2.06. The maximum Gasteiger partial charge on any atom is 0.244 e. The Labute approximate surface area is 58.9 Å². The summed E-state index contributed by atoms with van der Waals surface area (Å²) in [5.41, 5.74) is 10.2. The molecule has 0 spiro atoms. The van der Waals surface area contributed by atoms with Crippen LogP contribution in [0.1, 0.15) is 13.8 Å². The largest absolute Gasteiger partial charge is 0.366 e. The number of carbonyl (C=O) groups is 2. The molecule has 0 atom stereocenters. The molecule has 0 saturated heterocycles. The van der Waals surface area contributed by atoms with E-state index in [2.05, 4.69) is 0 Å². The van der Waals surface area contributed by atoms with Crippen LogP contribution in [0.25, 0.3) is 0 Å². The van der Waals surface area contributed by atoms with Gasteiger partial charge < -0.3 is 11.5 Å². The summed E-state index contributed by atoms with van der Waals surface area (Å²) < 4.78 is 0. The predicted octanol–water partition coefficient (Wildman–Crippen LogP) is -0.707. The molecular weight excluding hydrogens is 132 g/mol. The van der Waals surface area contributed by atoms with Crippen LogP contribution < -0.4 is 11.5 Å². The van der Waals surface area contributed by atoms with E-state index >= 15 is 0 Å². The van der Waals surface area contributed by atoms with Gasteiger partial charge in [-0.15, -0.1) is 0 Å². The van der Waals surface area contributed by atoms with E-state index in [0.29, 0.717) is 0 Å². The van der Waals surface area contributed by atoms with Gasteiger partial charge in [-0.2, -0.15) is 0 Å². The summed E-state index contributed by atoms with van der Waals surface area (Å²) in [4.78, 5) is 20.8. The topological polar surface area (TPSA) is 86.2 Å². The smallest absolute Gasteiger partial charge is 0.244 e. The van der Waals surface area contributed by atoms with E-state index in [1.54, 1.807) is 0 Å². The van der Waals surface area contributed by atoms with Crippen molar-refractivity contribution in [3.8, 4) is 0 Å². The Hall–Kier alpha value is -1.32. The van der Waals surface area contributed by atoms with E-state index in [1.165, 1.54) is 13.8 Å². The molecule has 0 aliphatic carbocycles. The Morgan fingerprint density at radius 2 is 1.10 bits per heavy atom. The van der Waals surface area contributed by atoms with Crippen molar-refractivity contribution in [3.63, 3.8) is 0 Å². The van der Waals surface area contributed by atoms with Gasteiger partial charge in [-0.3, -0.25) is 9.59 Å². The quantitative estimate of drug-likeness (QED) is 0.499. The average molecular weight is 142 g/mol. The molecule has 0 aliphatic rings. The molecule has 0 unspecified atom stereocenters. The van der Waals surface area contributed by atoms with Gasteiger partial charge >= 0.3 is 0 Å². The van der Waals surface area contributed by atoms with E-state index in [0.717, 1.165) is 0 Å². The van der Waals surface area contributed by atoms with Gasteiger partial charge in [0.25, 0.3) is 0 Å². The minimum Gasteiger partial charge on any atom is -0.366 e. The van der Waals surface area contributed by atoms with Crippen molar-refractivity contribution in [1.82, 2.24) is 0 Å². The number of rotatable bonds is 2. The Bertz CT molecular complexity index is 184. The SMILES string of the molecule is C/C(C(N)=O)=C(/C)C(N)=O. The van der Waals surface area contributed by atoms with Crippen LogP contribution in [0.3, 0.4) is 0 Å². The second-order valence-electron chi connectivity index (χ2n) is 1.98. The maximum absolute atomic E-state index is 10.4. The lowest BCUT2D eigenvalue weighted by molar-refractivity contribution is -0.117. The zero-order chi connectivity index (χ0) is 8.31. The molecule has 0 saturated carbocycles. The molecule has 0 rings (SSSR count). The van der Waals surface area contributed by atoms with E-state index in [-0.39, 0.29) is 11.1 Å². The van der Waals surface area contributed by atoms with Gasteiger partial charge in [-0.25, -0.2) is 0 Å². The van der Waals surface area contributed by atoms with Crippen molar-refractivity contribution in [3.05, 3.63) is 11.1 Å². The number of nitrogens with two attached hydrogens (primary N) is 2. The summed E-state index contributed by atoms with van der Waals surface area (Å²) in [5.74, 6) is -1.23. The van der Waals surface area contributed by atoms with Crippen LogP contribution >= 0.6 is 0 Å². The first-order valence-corrected chi connectivity index (χ1v) is 2.74. The molecule has 4 nitrogen and oxygen atoms in total. The van der Waals surface area contributed by atoms with Crippen molar-refractivity contribution >= 4 is 11.8 Å². The molecule has 4 heteroatoms. The number of hydrogen-bond acceptors (Lipinski definition) is 2. The van der Waals surface area contributed by atoms with Crippen LogP contribution in [0.4, 0.5) is 0 Å². The molecule has 4 N–H and O–H groups in total. The van der Waals surface area contributed by atoms with Crippen LogP contribution in [-0.2, 0) is 9.59 Å². The van der Waals surface area contributed by atoms with Crippen molar-refractivity contribution < 1.29 is 9.59 Å². The Balaban J connectivity index is 4.67. The van der Waals surface area contributed by atoms with Gasteiger partial charge in [0, 0.05) is 11.1 Å². The summed E-state index contributed by atoms with van der Waals surface area (Å²) in [5, 5.41) is 0. The van der Waals surface area contributed by atoms with Crippen LogP contribution in [-0.4, -0.2) is 11.8 Å². The van der Waals surface area contributed by atoms with Crippen molar-refractivity contribution in [2.45, 2.75) is 13.8 Å². The highest BCUT2D eigenvalue weighted by Crippen LogP contribution is 1.99. The normalized spacial score (nSPS) is 12.2.